The van der Waals surface area contributed by atoms with Gasteiger partial charge in [-0.3, -0.25) is 0 Å². The van der Waals surface area contributed by atoms with Crippen molar-refractivity contribution in [2.75, 3.05) is 52.9 Å². The summed E-state index contributed by atoms with van der Waals surface area (Å²) in [6.07, 6.45) is 5.24. The van der Waals surface area contributed by atoms with E-state index in [0.717, 1.165) is 57.5 Å². The van der Waals surface area contributed by atoms with Crippen LogP contribution in [0, 0.1) is 0 Å². The molecular weight excluding hydrogens is 350 g/mol. The molecule has 0 atom stereocenters. The quantitative estimate of drug-likeness (QED) is 0.756. The van der Waals surface area contributed by atoms with Gasteiger partial charge in [0, 0.05) is 45.8 Å². The molecule has 3 rings (SSSR count). The molecule has 0 amide bonds. The summed E-state index contributed by atoms with van der Waals surface area (Å²) < 4.78 is 34.3. The van der Waals surface area contributed by atoms with Gasteiger partial charge in [0.2, 0.25) is 0 Å². The summed E-state index contributed by atoms with van der Waals surface area (Å²) >= 11 is 0. The lowest BCUT2D eigenvalue weighted by molar-refractivity contribution is 0.183. The second kappa shape index (κ2) is 9.17. The number of rotatable bonds is 6. The largest absolute Gasteiger partial charge is 0.497 e. The molecule has 6 nitrogen and oxygen atoms in total. The topological polar surface area (TPSA) is 53.1 Å². The number of nitrogens with zero attached hydrogens (tertiary/aromatic N) is 3. The highest BCUT2D eigenvalue weighted by Gasteiger charge is 2.32. The lowest BCUT2D eigenvalue weighted by Crippen LogP contribution is -2.53. The van der Waals surface area contributed by atoms with Crippen LogP contribution in [-0.4, -0.2) is 74.9 Å². The van der Waals surface area contributed by atoms with Crippen LogP contribution in [0.15, 0.2) is 24.3 Å². The summed E-state index contributed by atoms with van der Waals surface area (Å²) in [6.45, 7) is 5.14. The number of hydrogen-bond acceptors (Lipinski definition) is 4. The normalized spacial score (nSPS) is 21.4. The number of methoxy groups -OCH3 is 1. The van der Waals surface area contributed by atoms with Crippen LogP contribution in [0.25, 0.3) is 0 Å². The fraction of sp³-hybridized carbons (Fsp3) is 0.684. The highest BCUT2D eigenvalue weighted by atomic mass is 32.2. The van der Waals surface area contributed by atoms with Crippen molar-refractivity contribution in [3.8, 4) is 5.75 Å². The Hall–Kier alpha value is -1.15. The Morgan fingerprint density at radius 1 is 0.846 bits per heavy atom. The predicted octanol–water partition coefficient (Wildman–Crippen LogP) is 1.98. The van der Waals surface area contributed by atoms with Crippen LogP contribution in [0.3, 0.4) is 0 Å². The second-order valence-corrected chi connectivity index (χ2v) is 9.09. The van der Waals surface area contributed by atoms with Crippen molar-refractivity contribution in [1.82, 2.24) is 13.5 Å². The van der Waals surface area contributed by atoms with Crippen molar-refractivity contribution in [3.63, 3.8) is 0 Å². The molecule has 0 aliphatic carbocycles. The number of hydrogen-bond donors (Lipinski definition) is 0. The first-order valence-electron chi connectivity index (χ1n) is 9.70. The summed E-state index contributed by atoms with van der Waals surface area (Å²) in [5, 5.41) is 0. The van der Waals surface area contributed by atoms with Crippen LogP contribution < -0.4 is 4.74 Å². The molecule has 0 spiro atoms. The van der Waals surface area contributed by atoms with E-state index < -0.39 is 10.2 Å². The molecule has 0 bridgehead atoms. The van der Waals surface area contributed by atoms with E-state index in [1.165, 1.54) is 5.56 Å². The zero-order chi connectivity index (χ0) is 18.4. The van der Waals surface area contributed by atoms with E-state index in [1.54, 1.807) is 15.7 Å². The third kappa shape index (κ3) is 4.97. The van der Waals surface area contributed by atoms with Gasteiger partial charge in [-0.15, -0.1) is 0 Å². The van der Waals surface area contributed by atoms with Crippen LogP contribution in [-0.2, 0) is 16.6 Å². The van der Waals surface area contributed by atoms with Crippen LogP contribution in [0.2, 0.25) is 0 Å². The van der Waals surface area contributed by atoms with Crippen molar-refractivity contribution < 1.29 is 13.2 Å². The van der Waals surface area contributed by atoms with Gasteiger partial charge in [0.05, 0.1) is 7.11 Å². The van der Waals surface area contributed by atoms with Gasteiger partial charge in [-0.1, -0.05) is 25.0 Å². The van der Waals surface area contributed by atoms with E-state index in [1.807, 2.05) is 12.1 Å². The molecule has 0 aromatic heterocycles. The Balaban J connectivity index is 1.47. The Labute approximate surface area is 157 Å². The summed E-state index contributed by atoms with van der Waals surface area (Å²) in [5.41, 5.74) is 1.28. The Morgan fingerprint density at radius 3 is 2.00 bits per heavy atom. The van der Waals surface area contributed by atoms with Crippen molar-refractivity contribution in [3.05, 3.63) is 29.8 Å². The van der Waals surface area contributed by atoms with Gasteiger partial charge < -0.3 is 9.64 Å². The summed E-state index contributed by atoms with van der Waals surface area (Å²) in [6, 6.07) is 8.17. The van der Waals surface area contributed by atoms with Gasteiger partial charge in [-0.25, -0.2) is 0 Å². The first-order chi connectivity index (χ1) is 12.6. The standard InChI is InChI=1S/C19H31N3O3S/c1-25-19-8-6-18(7-9-19)10-13-20-14-16-22(17-15-20)26(23,24)21-11-4-2-3-5-12-21/h6-9H,2-5,10-17H2,1H3. The molecule has 0 radical (unpaired) electrons. The molecule has 0 unspecified atom stereocenters. The van der Waals surface area contributed by atoms with E-state index in [2.05, 4.69) is 17.0 Å². The Kier molecular flexibility index (Phi) is 6.92. The highest BCUT2D eigenvalue weighted by molar-refractivity contribution is 7.86. The van der Waals surface area contributed by atoms with Gasteiger partial charge in [0.1, 0.15) is 5.75 Å². The first kappa shape index (κ1) is 19.6. The highest BCUT2D eigenvalue weighted by Crippen LogP contribution is 2.18. The van der Waals surface area contributed by atoms with Crippen molar-refractivity contribution in [2.45, 2.75) is 32.1 Å². The Morgan fingerprint density at radius 2 is 1.42 bits per heavy atom. The second-order valence-electron chi connectivity index (χ2n) is 7.16. The van der Waals surface area contributed by atoms with Gasteiger partial charge in [-0.2, -0.15) is 17.0 Å². The molecule has 1 aromatic carbocycles. The maximum atomic E-state index is 12.9. The lowest BCUT2D eigenvalue weighted by Gasteiger charge is -2.36. The fourth-order valence-electron chi connectivity index (χ4n) is 3.70. The molecule has 2 aliphatic heterocycles. The monoisotopic (exact) mass is 381 g/mol. The number of ether oxygens (including phenoxy) is 1. The smallest absolute Gasteiger partial charge is 0.282 e. The minimum Gasteiger partial charge on any atom is -0.497 e. The van der Waals surface area contributed by atoms with E-state index in [4.69, 9.17) is 4.74 Å². The molecule has 146 valence electrons. The predicted molar refractivity (Wildman–Crippen MR) is 104 cm³/mol. The van der Waals surface area contributed by atoms with E-state index in [-0.39, 0.29) is 0 Å². The van der Waals surface area contributed by atoms with Crippen molar-refractivity contribution in [1.29, 1.82) is 0 Å². The van der Waals surface area contributed by atoms with Gasteiger partial charge in [-0.05, 0) is 37.0 Å². The van der Waals surface area contributed by atoms with Crippen molar-refractivity contribution in [2.24, 2.45) is 0 Å². The average Bonchev–Trinajstić information content (AvgIpc) is 2.97. The fourth-order valence-corrected chi connectivity index (χ4v) is 5.37. The minimum atomic E-state index is -3.28. The van der Waals surface area contributed by atoms with Crippen LogP contribution >= 0.6 is 0 Å². The molecule has 2 fully saturated rings. The molecule has 2 heterocycles. The SMILES string of the molecule is COc1ccc(CCN2CCN(S(=O)(=O)N3CCCCCC3)CC2)cc1. The molecular formula is C19H31N3O3S. The van der Waals surface area contributed by atoms with E-state index in [9.17, 15) is 8.42 Å². The molecule has 1 aromatic rings. The van der Waals surface area contributed by atoms with Crippen molar-refractivity contribution >= 4 is 10.2 Å². The first-order valence-corrected chi connectivity index (χ1v) is 11.1. The third-order valence-corrected chi connectivity index (χ3v) is 7.46. The zero-order valence-electron chi connectivity index (χ0n) is 15.8. The van der Waals surface area contributed by atoms with Crippen LogP contribution in [0.1, 0.15) is 31.2 Å². The number of benzene rings is 1. The maximum Gasteiger partial charge on any atom is 0.282 e. The number of piperazine rings is 1. The summed E-state index contributed by atoms with van der Waals surface area (Å²) in [7, 11) is -1.61. The Bertz CT molecular complexity index is 647. The zero-order valence-corrected chi connectivity index (χ0v) is 16.6. The van der Waals surface area contributed by atoms with Gasteiger partial charge in [0.25, 0.3) is 10.2 Å². The molecule has 7 heteroatoms. The molecule has 0 N–H and O–H groups in total. The molecule has 2 saturated heterocycles. The third-order valence-electron chi connectivity index (χ3n) is 5.42. The van der Waals surface area contributed by atoms with Gasteiger partial charge in [0.15, 0.2) is 0 Å². The maximum absolute atomic E-state index is 12.9. The summed E-state index contributed by atoms with van der Waals surface area (Å²) in [5.74, 6) is 0.876. The molecule has 2 aliphatic rings. The van der Waals surface area contributed by atoms with E-state index in [0.29, 0.717) is 26.2 Å². The minimum absolute atomic E-state index is 0.599. The average molecular weight is 382 g/mol. The van der Waals surface area contributed by atoms with Crippen LogP contribution in [0.4, 0.5) is 0 Å². The van der Waals surface area contributed by atoms with Gasteiger partial charge >= 0.3 is 0 Å². The van der Waals surface area contributed by atoms with Crippen LogP contribution in [0.5, 0.6) is 5.75 Å². The lowest BCUT2D eigenvalue weighted by atomic mass is 10.1. The molecule has 0 saturated carbocycles. The van der Waals surface area contributed by atoms with E-state index >= 15 is 0 Å². The molecule has 26 heavy (non-hydrogen) atoms. The summed E-state index contributed by atoms with van der Waals surface area (Å²) in [4.78, 5) is 2.36.